The van der Waals surface area contributed by atoms with Crippen LogP contribution in [0.3, 0.4) is 0 Å². The fourth-order valence-electron chi connectivity index (χ4n) is 8.63. The number of fused-ring (bicyclic) bond motifs is 7. The van der Waals surface area contributed by atoms with E-state index in [9.17, 15) is 14.4 Å². The van der Waals surface area contributed by atoms with Crippen molar-refractivity contribution in [3.05, 3.63) is 11.6 Å². The van der Waals surface area contributed by atoms with E-state index in [1.807, 2.05) is 6.08 Å². The zero-order valence-electron chi connectivity index (χ0n) is 17.5. The molecule has 5 rings (SSSR count). The normalized spacial score (nSPS) is 51.2. The van der Waals surface area contributed by atoms with Gasteiger partial charge in [-0.15, -0.1) is 0 Å². The number of rotatable bonds is 2. The van der Waals surface area contributed by atoms with E-state index in [0.29, 0.717) is 47.7 Å². The average molecular weight is 385 g/mol. The minimum atomic E-state index is -0.916. The molecule has 28 heavy (non-hydrogen) atoms. The van der Waals surface area contributed by atoms with E-state index in [-0.39, 0.29) is 23.1 Å². The van der Waals surface area contributed by atoms with Crippen molar-refractivity contribution in [2.24, 2.45) is 46.8 Å². The van der Waals surface area contributed by atoms with Crippen molar-refractivity contribution in [2.45, 2.75) is 71.8 Å². The molecular formula is C24H32O4. The molecule has 5 aliphatic carbocycles. The van der Waals surface area contributed by atoms with Gasteiger partial charge in [0.05, 0.1) is 0 Å². The SMILES string of the molecule is CC(=O)O[C@]1(C(C)=O)[C@H]2C[C@H]2[C@H]2[C@@H]3C[C@H](C)C4=CC(=O)CC[C@@H]4[C@H]3CC[C@@]21C. The molecule has 0 unspecified atom stereocenters. The third-order valence-corrected chi connectivity index (χ3v) is 9.41. The first-order valence-corrected chi connectivity index (χ1v) is 11.2. The summed E-state index contributed by atoms with van der Waals surface area (Å²) in [6.07, 6.45) is 7.80. The molecule has 9 atom stereocenters. The molecule has 4 saturated carbocycles. The lowest BCUT2D eigenvalue weighted by Gasteiger charge is -2.58. The standard InChI is InChI=1S/C24H32O4/c1-12-9-19-17(16-6-5-15(27)10-18(12)16)7-8-23(4)22(19)20-11-21(20)24(23,13(2)25)28-14(3)26/h10,12,16-17,19-22H,5-9,11H2,1-4H3/t12-,16+,17+,19+,20+,21-,22+,23-,24+/m0/s1. The molecular weight excluding hydrogens is 352 g/mol. The van der Waals surface area contributed by atoms with Crippen molar-refractivity contribution < 1.29 is 19.1 Å². The summed E-state index contributed by atoms with van der Waals surface area (Å²) in [5, 5.41) is 0. The van der Waals surface area contributed by atoms with Crippen molar-refractivity contribution in [2.75, 3.05) is 0 Å². The van der Waals surface area contributed by atoms with Crippen molar-refractivity contribution >= 4 is 17.5 Å². The number of carbonyl (C=O) groups is 3. The molecule has 0 radical (unpaired) electrons. The molecule has 0 spiro atoms. The van der Waals surface area contributed by atoms with Gasteiger partial charge in [0, 0.05) is 24.7 Å². The van der Waals surface area contributed by atoms with Gasteiger partial charge in [-0.05, 0) is 80.6 Å². The van der Waals surface area contributed by atoms with Crippen molar-refractivity contribution in [3.63, 3.8) is 0 Å². The minimum Gasteiger partial charge on any atom is -0.450 e. The Bertz CT molecular complexity index is 796. The third-order valence-electron chi connectivity index (χ3n) is 9.41. The summed E-state index contributed by atoms with van der Waals surface area (Å²) in [5.41, 5.74) is 0.232. The number of Topliss-reactive ketones (excluding diaryl/α,β-unsaturated/α-hetero) is 1. The molecule has 0 aromatic rings. The van der Waals surface area contributed by atoms with Gasteiger partial charge in [-0.2, -0.15) is 0 Å². The maximum Gasteiger partial charge on any atom is 0.303 e. The Morgan fingerprint density at radius 2 is 1.86 bits per heavy atom. The van der Waals surface area contributed by atoms with Gasteiger partial charge >= 0.3 is 5.97 Å². The highest BCUT2D eigenvalue weighted by Gasteiger charge is 2.79. The van der Waals surface area contributed by atoms with Gasteiger partial charge in [0.1, 0.15) is 0 Å². The maximum atomic E-state index is 13.0. The van der Waals surface area contributed by atoms with Crippen LogP contribution in [0.2, 0.25) is 0 Å². The van der Waals surface area contributed by atoms with Crippen molar-refractivity contribution in [1.29, 1.82) is 0 Å². The number of esters is 1. The number of hydrogen-bond acceptors (Lipinski definition) is 4. The highest BCUT2D eigenvalue weighted by atomic mass is 16.6. The van der Waals surface area contributed by atoms with E-state index in [2.05, 4.69) is 13.8 Å². The summed E-state index contributed by atoms with van der Waals surface area (Å²) in [6, 6.07) is 0. The smallest absolute Gasteiger partial charge is 0.303 e. The lowest BCUT2D eigenvalue weighted by molar-refractivity contribution is -0.193. The number of ketones is 2. The number of ether oxygens (including phenoxy) is 1. The monoisotopic (exact) mass is 384 g/mol. The summed E-state index contributed by atoms with van der Waals surface area (Å²) in [4.78, 5) is 37.0. The van der Waals surface area contributed by atoms with Crippen LogP contribution in [-0.4, -0.2) is 23.1 Å². The highest BCUT2D eigenvalue weighted by molar-refractivity contribution is 5.91. The molecule has 4 heteroatoms. The van der Waals surface area contributed by atoms with Crippen LogP contribution < -0.4 is 0 Å². The van der Waals surface area contributed by atoms with E-state index in [0.717, 1.165) is 32.1 Å². The molecule has 0 bridgehead atoms. The Morgan fingerprint density at radius 1 is 1.11 bits per heavy atom. The predicted molar refractivity (Wildman–Crippen MR) is 104 cm³/mol. The first-order chi connectivity index (χ1) is 13.2. The van der Waals surface area contributed by atoms with Gasteiger partial charge in [0.25, 0.3) is 0 Å². The zero-order valence-corrected chi connectivity index (χ0v) is 17.5. The summed E-state index contributed by atoms with van der Waals surface area (Å²) in [6.45, 7) is 7.60. The predicted octanol–water partition coefficient (Wildman–Crippen LogP) is 4.12. The van der Waals surface area contributed by atoms with Gasteiger partial charge in [-0.3, -0.25) is 14.4 Å². The van der Waals surface area contributed by atoms with Crippen LogP contribution in [0.5, 0.6) is 0 Å². The van der Waals surface area contributed by atoms with Crippen LogP contribution in [0, 0.1) is 46.8 Å². The molecule has 5 aliphatic rings. The van der Waals surface area contributed by atoms with E-state index >= 15 is 0 Å². The van der Waals surface area contributed by atoms with Crippen molar-refractivity contribution in [3.8, 4) is 0 Å². The Kier molecular flexibility index (Phi) is 3.84. The van der Waals surface area contributed by atoms with Crippen LogP contribution in [0.25, 0.3) is 0 Å². The molecule has 0 saturated heterocycles. The van der Waals surface area contributed by atoms with Crippen LogP contribution >= 0.6 is 0 Å². The summed E-state index contributed by atoms with van der Waals surface area (Å²) in [7, 11) is 0. The average Bonchev–Trinajstić information content (AvgIpc) is 3.35. The lowest BCUT2D eigenvalue weighted by atomic mass is 9.47. The van der Waals surface area contributed by atoms with Gasteiger partial charge in [0.2, 0.25) is 0 Å². The molecule has 4 fully saturated rings. The summed E-state index contributed by atoms with van der Waals surface area (Å²) in [5.74, 6) is 3.39. The van der Waals surface area contributed by atoms with E-state index in [1.54, 1.807) is 6.92 Å². The Balaban J connectivity index is 1.55. The second-order valence-corrected chi connectivity index (χ2v) is 10.6. The van der Waals surface area contributed by atoms with Gasteiger partial charge in [0.15, 0.2) is 17.2 Å². The lowest BCUT2D eigenvalue weighted by Crippen LogP contribution is -2.60. The molecule has 0 amide bonds. The quantitative estimate of drug-likeness (QED) is 0.672. The fourth-order valence-corrected chi connectivity index (χ4v) is 8.63. The first kappa shape index (κ1) is 18.6. The maximum absolute atomic E-state index is 13.0. The van der Waals surface area contributed by atoms with Crippen LogP contribution in [-0.2, 0) is 19.1 Å². The Labute approximate surface area is 167 Å². The Hall–Kier alpha value is -1.45. The summed E-state index contributed by atoms with van der Waals surface area (Å²) < 4.78 is 5.97. The molecule has 152 valence electrons. The second kappa shape index (κ2) is 5.79. The molecule has 0 aromatic heterocycles. The van der Waals surface area contributed by atoms with Crippen molar-refractivity contribution in [1.82, 2.24) is 0 Å². The van der Waals surface area contributed by atoms with E-state index in [4.69, 9.17) is 4.74 Å². The van der Waals surface area contributed by atoms with Gasteiger partial charge in [-0.25, -0.2) is 0 Å². The molecule has 0 heterocycles. The fraction of sp³-hybridized carbons (Fsp3) is 0.792. The molecule has 4 nitrogen and oxygen atoms in total. The van der Waals surface area contributed by atoms with Gasteiger partial charge in [-0.1, -0.05) is 19.4 Å². The van der Waals surface area contributed by atoms with Crippen LogP contribution in [0.15, 0.2) is 11.6 Å². The third kappa shape index (κ3) is 2.15. The number of hydrogen-bond donors (Lipinski definition) is 0. The number of allylic oxidation sites excluding steroid dienone is 1. The van der Waals surface area contributed by atoms with E-state index < -0.39 is 5.60 Å². The first-order valence-electron chi connectivity index (χ1n) is 11.2. The largest absolute Gasteiger partial charge is 0.450 e. The highest BCUT2D eigenvalue weighted by Crippen LogP contribution is 2.77. The molecule has 0 N–H and O–H groups in total. The van der Waals surface area contributed by atoms with E-state index in [1.165, 1.54) is 12.5 Å². The minimum absolute atomic E-state index is 0.0476. The van der Waals surface area contributed by atoms with Gasteiger partial charge < -0.3 is 4.74 Å². The second-order valence-electron chi connectivity index (χ2n) is 10.6. The van der Waals surface area contributed by atoms with Crippen LogP contribution in [0.1, 0.15) is 66.2 Å². The topological polar surface area (TPSA) is 60.4 Å². The number of carbonyl (C=O) groups excluding carboxylic acids is 3. The van der Waals surface area contributed by atoms with Crippen LogP contribution in [0.4, 0.5) is 0 Å². The summed E-state index contributed by atoms with van der Waals surface area (Å²) >= 11 is 0. The zero-order chi connectivity index (χ0) is 20.0. The molecule has 0 aromatic carbocycles. The molecule has 0 aliphatic heterocycles. The Morgan fingerprint density at radius 3 is 2.54 bits per heavy atom.